The summed E-state index contributed by atoms with van der Waals surface area (Å²) in [4.78, 5) is 9.17. The van der Waals surface area contributed by atoms with Gasteiger partial charge in [0.1, 0.15) is 18.3 Å². The second-order valence-corrected chi connectivity index (χ2v) is 17.5. The summed E-state index contributed by atoms with van der Waals surface area (Å²) >= 11 is 1.19. The minimum Gasteiger partial charge on any atom is -0.360 e. The molecule has 0 unspecified atom stereocenters. The lowest BCUT2D eigenvalue weighted by molar-refractivity contribution is 0.0786. The van der Waals surface area contributed by atoms with Gasteiger partial charge in [0.05, 0.1) is 35.7 Å². The lowest BCUT2D eigenvalue weighted by Crippen LogP contribution is -2.22. The lowest BCUT2D eigenvalue weighted by atomic mass is 10.3. The average molecular weight is 536 g/mol. The second-order valence-electron chi connectivity index (χ2n) is 9.46. The molecule has 4 aromatic rings. The van der Waals surface area contributed by atoms with Crippen LogP contribution >= 0.6 is 11.5 Å². The number of aryl methyl sites for hydroxylation is 1. The highest BCUT2D eigenvalue weighted by Gasteiger charge is 2.16. The number of nitrogens with zero attached hydrogens (tertiary/aromatic N) is 6. The molecule has 188 valence electrons. The molecule has 0 atom stereocenters. The van der Waals surface area contributed by atoms with E-state index >= 15 is 0 Å². The third-order valence-corrected chi connectivity index (χ3v) is 7.98. The zero-order valence-electron chi connectivity index (χ0n) is 20.3. The summed E-state index contributed by atoms with van der Waals surface area (Å²) in [7, 11) is -4.66. The fourth-order valence-electron chi connectivity index (χ4n) is 3.23. The SMILES string of the molecule is Cc1cn2c(-c3cnn(COCC[Si](C)(C)C)c3)cnc2c(Nc2cc(COS(C)(=O)=O)ns2)n1. The van der Waals surface area contributed by atoms with Gasteiger partial charge >= 0.3 is 0 Å². The molecule has 4 heterocycles. The van der Waals surface area contributed by atoms with E-state index in [4.69, 9.17) is 8.92 Å². The molecule has 0 aliphatic rings. The van der Waals surface area contributed by atoms with Crippen molar-refractivity contribution >= 4 is 46.2 Å². The molecule has 0 aliphatic carbocycles. The Hall–Kier alpha value is -2.65. The lowest BCUT2D eigenvalue weighted by Gasteiger charge is -2.15. The standard InChI is InChI=1S/C21H29N7O4S2Si/c1-15-11-28-18(16-9-23-27(12-16)14-31-6-7-35(3,4)5)10-22-21(28)20(24-15)25-19-8-17(26-33-19)13-32-34(2,29)30/h8-12H,6-7,13-14H2,1-5H3,(H,24,25). The van der Waals surface area contributed by atoms with Gasteiger partial charge in [-0.1, -0.05) is 19.6 Å². The molecule has 0 bridgehead atoms. The van der Waals surface area contributed by atoms with Crippen molar-refractivity contribution in [3.63, 3.8) is 0 Å². The third-order valence-electron chi connectivity index (χ3n) is 4.98. The quantitative estimate of drug-likeness (QED) is 0.173. The van der Waals surface area contributed by atoms with Crippen LogP contribution in [0.1, 0.15) is 11.4 Å². The van der Waals surface area contributed by atoms with Crippen molar-refractivity contribution in [2.24, 2.45) is 0 Å². The molecule has 14 heteroatoms. The molecule has 0 fully saturated rings. The zero-order valence-corrected chi connectivity index (χ0v) is 23.0. The molecular formula is C21H29N7O4S2Si. The Kier molecular flexibility index (Phi) is 7.37. The van der Waals surface area contributed by atoms with E-state index in [9.17, 15) is 8.42 Å². The van der Waals surface area contributed by atoms with Crippen LogP contribution in [0.15, 0.2) is 30.9 Å². The summed E-state index contributed by atoms with van der Waals surface area (Å²) in [5, 5.41) is 8.37. The Morgan fingerprint density at radius 3 is 2.74 bits per heavy atom. The van der Waals surface area contributed by atoms with Gasteiger partial charge in [-0.05, 0) is 30.6 Å². The van der Waals surface area contributed by atoms with Crippen molar-refractivity contribution in [1.29, 1.82) is 0 Å². The number of rotatable bonds is 11. The van der Waals surface area contributed by atoms with Gasteiger partial charge in [0.2, 0.25) is 0 Å². The summed E-state index contributed by atoms with van der Waals surface area (Å²) in [6, 6.07) is 2.84. The Bertz CT molecular complexity index is 1420. The maximum atomic E-state index is 11.2. The first-order chi connectivity index (χ1) is 16.5. The van der Waals surface area contributed by atoms with Crippen molar-refractivity contribution in [3.8, 4) is 11.3 Å². The summed E-state index contributed by atoms with van der Waals surface area (Å²) in [5.41, 5.74) is 3.75. The largest absolute Gasteiger partial charge is 0.360 e. The first kappa shape index (κ1) is 25.4. The van der Waals surface area contributed by atoms with Gasteiger partial charge in [-0.25, -0.2) is 14.6 Å². The Morgan fingerprint density at radius 1 is 1.20 bits per heavy atom. The predicted molar refractivity (Wildman–Crippen MR) is 138 cm³/mol. The number of nitrogens with one attached hydrogen (secondary N) is 1. The molecule has 35 heavy (non-hydrogen) atoms. The number of imidazole rings is 1. The van der Waals surface area contributed by atoms with Crippen LogP contribution in [0.5, 0.6) is 0 Å². The van der Waals surface area contributed by atoms with E-state index in [1.165, 1.54) is 11.5 Å². The zero-order chi connectivity index (χ0) is 25.2. The molecule has 11 nitrogen and oxygen atoms in total. The Morgan fingerprint density at radius 2 is 2.00 bits per heavy atom. The average Bonchev–Trinajstić information content (AvgIpc) is 3.48. The molecule has 0 radical (unpaired) electrons. The van der Waals surface area contributed by atoms with Crippen LogP contribution in [0, 0.1) is 6.92 Å². The van der Waals surface area contributed by atoms with Gasteiger partial charge in [-0.15, -0.1) is 0 Å². The highest BCUT2D eigenvalue weighted by atomic mass is 32.2. The topological polar surface area (TPSA) is 126 Å². The summed E-state index contributed by atoms with van der Waals surface area (Å²) in [6.45, 7) is 9.91. The molecule has 0 spiro atoms. The van der Waals surface area contributed by atoms with E-state index in [1.807, 2.05) is 23.7 Å². The molecule has 4 rings (SSSR count). The predicted octanol–water partition coefficient (Wildman–Crippen LogP) is 3.89. The highest BCUT2D eigenvalue weighted by Crippen LogP contribution is 2.28. The molecule has 0 saturated carbocycles. The molecule has 0 amide bonds. The number of ether oxygens (including phenoxy) is 1. The smallest absolute Gasteiger partial charge is 0.264 e. The number of fused-ring (bicyclic) bond motifs is 1. The van der Waals surface area contributed by atoms with E-state index in [0.717, 1.165) is 35.9 Å². The highest BCUT2D eigenvalue weighted by molar-refractivity contribution is 7.85. The maximum absolute atomic E-state index is 11.2. The van der Waals surface area contributed by atoms with Gasteiger partial charge in [0.15, 0.2) is 11.5 Å². The van der Waals surface area contributed by atoms with Crippen LogP contribution in [0.2, 0.25) is 25.7 Å². The molecule has 0 aliphatic heterocycles. The van der Waals surface area contributed by atoms with E-state index in [-0.39, 0.29) is 6.61 Å². The number of hydrogen-bond acceptors (Lipinski definition) is 10. The van der Waals surface area contributed by atoms with Crippen molar-refractivity contribution in [1.82, 2.24) is 28.5 Å². The summed E-state index contributed by atoms with van der Waals surface area (Å²) < 4.78 is 41.0. The fourth-order valence-corrected chi connectivity index (χ4v) is 4.98. The maximum Gasteiger partial charge on any atom is 0.264 e. The van der Waals surface area contributed by atoms with Gasteiger partial charge in [-0.3, -0.25) is 8.58 Å². The van der Waals surface area contributed by atoms with Crippen LogP contribution in [-0.4, -0.2) is 57.9 Å². The third kappa shape index (κ3) is 6.95. The number of anilines is 2. The minimum absolute atomic E-state index is 0.118. The van der Waals surface area contributed by atoms with Crippen molar-refractivity contribution in [2.75, 3.05) is 18.2 Å². The monoisotopic (exact) mass is 535 g/mol. The van der Waals surface area contributed by atoms with Crippen LogP contribution in [0.3, 0.4) is 0 Å². The fraction of sp³-hybridized carbons (Fsp3) is 0.429. The van der Waals surface area contributed by atoms with Crippen molar-refractivity contribution in [3.05, 3.63) is 42.2 Å². The van der Waals surface area contributed by atoms with E-state index in [2.05, 4.69) is 44.4 Å². The van der Waals surface area contributed by atoms with Gasteiger partial charge < -0.3 is 10.1 Å². The van der Waals surface area contributed by atoms with Crippen LogP contribution < -0.4 is 5.32 Å². The molecule has 4 aromatic heterocycles. The molecule has 0 saturated heterocycles. The van der Waals surface area contributed by atoms with Gasteiger partial charge in [0, 0.05) is 32.6 Å². The van der Waals surface area contributed by atoms with Gasteiger partial charge in [0.25, 0.3) is 10.1 Å². The molecular weight excluding hydrogens is 506 g/mol. The molecule has 1 N–H and O–H groups in total. The van der Waals surface area contributed by atoms with Crippen molar-refractivity contribution < 1.29 is 17.3 Å². The first-order valence-electron chi connectivity index (χ1n) is 11.0. The summed E-state index contributed by atoms with van der Waals surface area (Å²) in [6.07, 6.45) is 8.45. The van der Waals surface area contributed by atoms with E-state index in [0.29, 0.717) is 28.9 Å². The first-order valence-corrected chi connectivity index (χ1v) is 17.3. The normalized spacial score (nSPS) is 12.5. The minimum atomic E-state index is -3.54. The number of hydrogen-bond donors (Lipinski definition) is 1. The second kappa shape index (κ2) is 10.1. The van der Waals surface area contributed by atoms with Gasteiger partial charge in [-0.2, -0.15) is 17.9 Å². The summed E-state index contributed by atoms with van der Waals surface area (Å²) in [5.74, 6) is 0.567. The van der Waals surface area contributed by atoms with Crippen LogP contribution in [0.25, 0.3) is 16.9 Å². The Balaban J connectivity index is 1.50. The Labute approximate surface area is 209 Å². The van der Waals surface area contributed by atoms with Crippen molar-refractivity contribution in [2.45, 2.75) is 45.9 Å². The van der Waals surface area contributed by atoms with Crippen LogP contribution in [-0.2, 0) is 32.4 Å². The molecule has 0 aromatic carbocycles. The number of aromatic nitrogens is 6. The van der Waals surface area contributed by atoms with E-state index in [1.54, 1.807) is 23.1 Å². The van der Waals surface area contributed by atoms with Crippen LogP contribution in [0.4, 0.5) is 10.8 Å². The van der Waals surface area contributed by atoms with E-state index < -0.39 is 18.2 Å².